The summed E-state index contributed by atoms with van der Waals surface area (Å²) >= 11 is 0. The number of carbonyl (C=O) groups excluding carboxylic acids is 1. The maximum atomic E-state index is 12.1. The van der Waals surface area contributed by atoms with Crippen LogP contribution in [0, 0.1) is 5.92 Å². The molecule has 4 N–H and O–H groups in total. The number of fused-ring (bicyclic) bond motifs is 1. The molecular weight excluding hydrogens is 364 g/mol. The van der Waals surface area contributed by atoms with Gasteiger partial charge in [0.05, 0.1) is 4.90 Å². The lowest BCUT2D eigenvalue weighted by Crippen LogP contribution is -2.39. The van der Waals surface area contributed by atoms with Crippen LogP contribution in [-0.4, -0.2) is 39.3 Å². The molecule has 8 heteroatoms. The van der Waals surface area contributed by atoms with Crippen molar-refractivity contribution in [3.8, 4) is 0 Å². The van der Waals surface area contributed by atoms with Crippen LogP contribution in [0.15, 0.2) is 34.2 Å². The van der Waals surface area contributed by atoms with Crippen molar-refractivity contribution in [3.05, 3.63) is 29.8 Å². The van der Waals surface area contributed by atoms with Crippen LogP contribution >= 0.6 is 0 Å². The number of hydrogen-bond acceptors (Lipinski definition) is 5. The molecule has 0 spiro atoms. The summed E-state index contributed by atoms with van der Waals surface area (Å²) in [6.07, 6.45) is 6.29. The van der Waals surface area contributed by atoms with Gasteiger partial charge in [-0.2, -0.15) is 0 Å². The first-order valence-electron chi connectivity index (χ1n) is 9.67. The number of benzene rings is 1. The van der Waals surface area contributed by atoms with Gasteiger partial charge in [0, 0.05) is 24.6 Å². The SMILES string of the molecule is NCC1CCCC1NC(=O)CCCCCN=C1NS(=O)(=O)c2ccccc21. The van der Waals surface area contributed by atoms with Crippen molar-refractivity contribution >= 4 is 21.8 Å². The van der Waals surface area contributed by atoms with Gasteiger partial charge in [-0.1, -0.05) is 25.0 Å². The summed E-state index contributed by atoms with van der Waals surface area (Å²) in [5, 5.41) is 3.11. The fourth-order valence-electron chi connectivity index (χ4n) is 3.80. The van der Waals surface area contributed by atoms with Gasteiger partial charge in [-0.05, 0) is 50.3 Å². The Morgan fingerprint density at radius 3 is 2.85 bits per heavy atom. The third-order valence-electron chi connectivity index (χ3n) is 5.30. The Morgan fingerprint density at radius 2 is 2.04 bits per heavy atom. The molecule has 3 rings (SSSR count). The van der Waals surface area contributed by atoms with E-state index in [4.69, 9.17) is 5.73 Å². The zero-order valence-electron chi connectivity index (χ0n) is 15.5. The van der Waals surface area contributed by atoms with Crippen LogP contribution in [0.25, 0.3) is 0 Å². The zero-order chi connectivity index (χ0) is 19.3. The Hall–Kier alpha value is -1.93. The number of unbranched alkanes of at least 4 members (excludes halogenated alkanes) is 2. The molecule has 1 fully saturated rings. The topological polar surface area (TPSA) is 114 Å². The van der Waals surface area contributed by atoms with E-state index in [1.165, 1.54) is 0 Å². The third kappa shape index (κ3) is 4.87. The lowest BCUT2D eigenvalue weighted by atomic mass is 10.0. The number of hydrogen-bond donors (Lipinski definition) is 3. The highest BCUT2D eigenvalue weighted by molar-refractivity contribution is 7.90. The molecule has 0 radical (unpaired) electrons. The third-order valence-corrected chi connectivity index (χ3v) is 6.70. The van der Waals surface area contributed by atoms with Gasteiger partial charge in [0.1, 0.15) is 5.84 Å². The molecule has 0 saturated heterocycles. The number of rotatable bonds is 8. The molecule has 1 aromatic carbocycles. The molecule has 0 bridgehead atoms. The van der Waals surface area contributed by atoms with Gasteiger partial charge in [0.25, 0.3) is 10.0 Å². The lowest BCUT2D eigenvalue weighted by molar-refractivity contribution is -0.122. The summed E-state index contributed by atoms with van der Waals surface area (Å²) in [5.41, 5.74) is 6.37. The van der Waals surface area contributed by atoms with Crippen LogP contribution in [-0.2, 0) is 14.8 Å². The van der Waals surface area contributed by atoms with Crippen LogP contribution in [0.1, 0.15) is 50.5 Å². The van der Waals surface area contributed by atoms with Crippen molar-refractivity contribution in [2.24, 2.45) is 16.6 Å². The highest BCUT2D eigenvalue weighted by Gasteiger charge is 2.30. The van der Waals surface area contributed by atoms with Gasteiger partial charge in [-0.3, -0.25) is 14.5 Å². The standard InChI is InChI=1S/C19H28N4O3S/c20-13-14-7-6-9-16(14)22-18(24)11-2-1-5-12-21-19-15-8-3-4-10-17(15)27(25,26)23-19/h3-4,8,10,14,16H,1-2,5-7,9,11-13,20H2,(H,21,23)(H,22,24). The minimum Gasteiger partial charge on any atom is -0.353 e. The first-order valence-corrected chi connectivity index (χ1v) is 11.2. The normalized spacial score (nSPS) is 24.6. The number of sulfonamides is 1. The van der Waals surface area contributed by atoms with Gasteiger partial charge >= 0.3 is 0 Å². The molecule has 7 nitrogen and oxygen atoms in total. The number of aliphatic imine (C=N–C) groups is 1. The average molecular weight is 393 g/mol. The second-order valence-electron chi connectivity index (χ2n) is 7.24. The van der Waals surface area contributed by atoms with E-state index in [1.54, 1.807) is 24.3 Å². The van der Waals surface area contributed by atoms with Crippen molar-refractivity contribution in [1.82, 2.24) is 10.0 Å². The predicted molar refractivity (Wildman–Crippen MR) is 105 cm³/mol. The van der Waals surface area contributed by atoms with E-state index < -0.39 is 10.0 Å². The molecule has 1 aliphatic carbocycles. The van der Waals surface area contributed by atoms with Gasteiger partial charge < -0.3 is 11.1 Å². The minimum absolute atomic E-state index is 0.101. The molecule has 1 heterocycles. The van der Waals surface area contributed by atoms with E-state index in [0.29, 0.717) is 36.8 Å². The van der Waals surface area contributed by atoms with Gasteiger partial charge in [-0.25, -0.2) is 8.42 Å². The Kier molecular flexibility index (Phi) is 6.49. The molecule has 27 heavy (non-hydrogen) atoms. The summed E-state index contributed by atoms with van der Waals surface area (Å²) in [4.78, 5) is 16.7. The molecule has 1 aromatic rings. The van der Waals surface area contributed by atoms with Crippen molar-refractivity contribution in [1.29, 1.82) is 0 Å². The number of nitrogens with zero attached hydrogens (tertiary/aromatic N) is 1. The fraction of sp³-hybridized carbons (Fsp3) is 0.579. The Labute approximate surface area is 160 Å². The summed E-state index contributed by atoms with van der Waals surface area (Å²) in [7, 11) is -3.47. The molecule has 0 aromatic heterocycles. The quantitative estimate of drug-likeness (QED) is 0.582. The van der Waals surface area contributed by atoms with Crippen molar-refractivity contribution in [3.63, 3.8) is 0 Å². The van der Waals surface area contributed by atoms with Crippen LogP contribution < -0.4 is 15.8 Å². The van der Waals surface area contributed by atoms with Gasteiger partial charge in [-0.15, -0.1) is 0 Å². The highest BCUT2D eigenvalue weighted by Crippen LogP contribution is 2.25. The number of nitrogens with two attached hydrogens (primary N) is 1. The smallest absolute Gasteiger partial charge is 0.263 e. The van der Waals surface area contributed by atoms with E-state index in [9.17, 15) is 13.2 Å². The molecular formula is C19H28N4O3S. The molecule has 2 unspecified atom stereocenters. The molecule has 1 amide bonds. The number of carbonyl (C=O) groups is 1. The van der Waals surface area contributed by atoms with Crippen molar-refractivity contribution in [2.45, 2.75) is 55.9 Å². The monoisotopic (exact) mass is 392 g/mol. The molecule has 2 atom stereocenters. The number of nitrogens with one attached hydrogen (secondary N) is 2. The number of amides is 1. The largest absolute Gasteiger partial charge is 0.353 e. The molecule has 2 aliphatic rings. The van der Waals surface area contributed by atoms with Crippen LogP contribution in [0.2, 0.25) is 0 Å². The van der Waals surface area contributed by atoms with Crippen molar-refractivity contribution < 1.29 is 13.2 Å². The molecule has 148 valence electrons. The lowest BCUT2D eigenvalue weighted by Gasteiger charge is -2.19. The Balaban J connectivity index is 1.38. The van der Waals surface area contributed by atoms with E-state index in [-0.39, 0.29) is 16.8 Å². The summed E-state index contributed by atoms with van der Waals surface area (Å²) in [6.45, 7) is 1.17. The van der Waals surface area contributed by atoms with E-state index in [1.807, 2.05) is 0 Å². The van der Waals surface area contributed by atoms with Crippen LogP contribution in [0.3, 0.4) is 0 Å². The molecule has 1 aliphatic heterocycles. The Bertz CT molecular complexity index is 807. The van der Waals surface area contributed by atoms with Gasteiger partial charge in [0.15, 0.2) is 0 Å². The summed E-state index contributed by atoms with van der Waals surface area (Å²) in [6, 6.07) is 7.08. The predicted octanol–water partition coefficient (Wildman–Crippen LogP) is 1.53. The summed E-state index contributed by atoms with van der Waals surface area (Å²) in [5.74, 6) is 0.935. The van der Waals surface area contributed by atoms with Crippen molar-refractivity contribution in [2.75, 3.05) is 13.1 Å². The fourth-order valence-corrected chi connectivity index (χ4v) is 5.06. The first kappa shape index (κ1) is 19.8. The maximum Gasteiger partial charge on any atom is 0.263 e. The van der Waals surface area contributed by atoms with Crippen LogP contribution in [0.5, 0.6) is 0 Å². The average Bonchev–Trinajstić information content (AvgIpc) is 3.20. The zero-order valence-corrected chi connectivity index (χ0v) is 16.3. The van der Waals surface area contributed by atoms with Crippen LogP contribution in [0.4, 0.5) is 0 Å². The highest BCUT2D eigenvalue weighted by atomic mass is 32.2. The second-order valence-corrected chi connectivity index (χ2v) is 8.89. The van der Waals surface area contributed by atoms with E-state index in [2.05, 4.69) is 15.0 Å². The second kappa shape index (κ2) is 8.84. The van der Waals surface area contributed by atoms with E-state index >= 15 is 0 Å². The molecule has 1 saturated carbocycles. The minimum atomic E-state index is -3.47. The maximum absolute atomic E-state index is 12.1. The first-order chi connectivity index (χ1) is 13.0. The number of amidine groups is 1. The van der Waals surface area contributed by atoms with E-state index in [0.717, 1.165) is 38.5 Å². The van der Waals surface area contributed by atoms with Gasteiger partial charge in [0.2, 0.25) is 5.91 Å². The summed E-state index contributed by atoms with van der Waals surface area (Å²) < 4.78 is 26.5. The Morgan fingerprint density at radius 1 is 1.22 bits per heavy atom.